The maximum atomic E-state index is 12.2. The van der Waals surface area contributed by atoms with Crippen molar-refractivity contribution in [3.63, 3.8) is 0 Å². The molecular weight excluding hydrogens is 274 g/mol. The highest BCUT2D eigenvalue weighted by molar-refractivity contribution is 6.31. The molecule has 2 aromatic rings. The third kappa shape index (κ3) is 2.50. The van der Waals surface area contributed by atoms with Gasteiger partial charge in [-0.3, -0.25) is 9.47 Å². The van der Waals surface area contributed by atoms with Gasteiger partial charge in [0.25, 0.3) is 0 Å². The monoisotopic (exact) mass is 293 g/mol. The van der Waals surface area contributed by atoms with Gasteiger partial charge in [0, 0.05) is 17.6 Å². The number of nitrogens with one attached hydrogen (secondary N) is 1. The quantitative estimate of drug-likeness (QED) is 0.945. The van der Waals surface area contributed by atoms with E-state index < -0.39 is 0 Å². The summed E-state index contributed by atoms with van der Waals surface area (Å²) < 4.78 is 1.85. The smallest absolute Gasteiger partial charge is 0.305 e. The molecule has 1 saturated heterocycles. The Bertz CT molecular complexity index is 661. The normalized spacial score (nSPS) is 20.6. The molecule has 0 amide bonds. The van der Waals surface area contributed by atoms with Gasteiger partial charge in [0.1, 0.15) is 0 Å². The Morgan fingerprint density at radius 3 is 3.05 bits per heavy atom. The number of H-pyrrole nitrogens is 1. The van der Waals surface area contributed by atoms with Crippen LogP contribution in [0.25, 0.3) is 11.0 Å². The number of hydrogen-bond acceptors (Lipinski definition) is 2. The number of imidazole rings is 1. The molecular formula is C15H20ClN3O. The lowest BCUT2D eigenvalue weighted by molar-refractivity contribution is 0.140. The maximum absolute atomic E-state index is 12.2. The first kappa shape index (κ1) is 13.7. The van der Waals surface area contributed by atoms with Crippen molar-refractivity contribution in [2.45, 2.75) is 38.8 Å². The first-order valence-electron chi connectivity index (χ1n) is 7.31. The summed E-state index contributed by atoms with van der Waals surface area (Å²) >= 11 is 5.98. The largest absolute Gasteiger partial charge is 0.326 e. The summed E-state index contributed by atoms with van der Waals surface area (Å²) in [4.78, 5) is 17.5. The molecule has 0 aliphatic carbocycles. The van der Waals surface area contributed by atoms with Crippen molar-refractivity contribution in [3.8, 4) is 0 Å². The maximum Gasteiger partial charge on any atom is 0.326 e. The van der Waals surface area contributed by atoms with Gasteiger partial charge in [0.2, 0.25) is 0 Å². The summed E-state index contributed by atoms with van der Waals surface area (Å²) in [6.07, 6.45) is 3.69. The van der Waals surface area contributed by atoms with Gasteiger partial charge in [-0.05, 0) is 44.1 Å². The van der Waals surface area contributed by atoms with Crippen LogP contribution in [-0.4, -0.2) is 33.6 Å². The predicted octanol–water partition coefficient (Wildman–Crippen LogP) is 2.86. The van der Waals surface area contributed by atoms with E-state index in [1.165, 1.54) is 19.3 Å². The summed E-state index contributed by atoms with van der Waals surface area (Å²) in [7, 11) is 0. The van der Waals surface area contributed by atoms with Crippen LogP contribution in [0.1, 0.15) is 26.2 Å². The van der Waals surface area contributed by atoms with Crippen molar-refractivity contribution >= 4 is 22.6 Å². The summed E-state index contributed by atoms with van der Waals surface area (Å²) in [5.74, 6) is 0. The van der Waals surface area contributed by atoms with Gasteiger partial charge < -0.3 is 4.98 Å². The van der Waals surface area contributed by atoms with E-state index >= 15 is 0 Å². The zero-order chi connectivity index (χ0) is 14.1. The highest BCUT2D eigenvalue weighted by Crippen LogP contribution is 2.21. The molecule has 0 spiro atoms. The van der Waals surface area contributed by atoms with Gasteiger partial charge in [-0.2, -0.15) is 0 Å². The van der Waals surface area contributed by atoms with Crippen molar-refractivity contribution in [1.82, 2.24) is 14.5 Å². The zero-order valence-electron chi connectivity index (χ0n) is 11.7. The Balaban J connectivity index is 1.94. The topological polar surface area (TPSA) is 41.0 Å². The zero-order valence-corrected chi connectivity index (χ0v) is 12.5. The fourth-order valence-corrected chi connectivity index (χ4v) is 3.38. The summed E-state index contributed by atoms with van der Waals surface area (Å²) in [5, 5.41) is 0.652. The highest BCUT2D eigenvalue weighted by Gasteiger charge is 2.22. The van der Waals surface area contributed by atoms with Crippen LogP contribution in [0.15, 0.2) is 23.0 Å². The second-order valence-corrected chi connectivity index (χ2v) is 5.92. The molecule has 108 valence electrons. The first-order valence-corrected chi connectivity index (χ1v) is 7.69. The van der Waals surface area contributed by atoms with Crippen molar-refractivity contribution in [3.05, 3.63) is 33.7 Å². The third-order valence-corrected chi connectivity index (χ3v) is 4.52. The van der Waals surface area contributed by atoms with Crippen LogP contribution >= 0.6 is 11.6 Å². The molecule has 0 bridgehead atoms. The molecule has 1 aliphatic rings. The molecule has 3 rings (SSSR count). The number of rotatable bonds is 3. The van der Waals surface area contributed by atoms with Gasteiger partial charge >= 0.3 is 5.69 Å². The predicted molar refractivity (Wildman–Crippen MR) is 82.5 cm³/mol. The second kappa shape index (κ2) is 5.62. The fourth-order valence-electron chi connectivity index (χ4n) is 3.21. The molecule has 1 N–H and O–H groups in total. The van der Waals surface area contributed by atoms with E-state index in [4.69, 9.17) is 11.6 Å². The van der Waals surface area contributed by atoms with E-state index in [1.54, 1.807) is 0 Å². The van der Waals surface area contributed by atoms with E-state index in [-0.39, 0.29) is 5.69 Å². The highest BCUT2D eigenvalue weighted by atomic mass is 35.5. The number of likely N-dealkylation sites (tertiary alicyclic amines) is 1. The number of halogens is 1. The number of fused-ring (bicyclic) bond motifs is 1. The van der Waals surface area contributed by atoms with Crippen molar-refractivity contribution in [1.29, 1.82) is 0 Å². The second-order valence-electron chi connectivity index (χ2n) is 5.48. The summed E-state index contributed by atoms with van der Waals surface area (Å²) in [5.41, 5.74) is 1.73. The fraction of sp³-hybridized carbons (Fsp3) is 0.533. The molecule has 1 aromatic heterocycles. The molecule has 5 heteroatoms. The molecule has 1 unspecified atom stereocenters. The van der Waals surface area contributed by atoms with Gasteiger partial charge in [0.05, 0.1) is 11.0 Å². The Hall–Kier alpha value is -1.26. The van der Waals surface area contributed by atoms with Crippen LogP contribution in [0, 0.1) is 0 Å². The van der Waals surface area contributed by atoms with Crippen LogP contribution in [0.4, 0.5) is 0 Å². The Labute approximate surface area is 123 Å². The molecule has 1 aliphatic heterocycles. The lowest BCUT2D eigenvalue weighted by atomic mass is 10.0. The molecule has 1 fully saturated rings. The van der Waals surface area contributed by atoms with E-state index in [2.05, 4.69) is 16.8 Å². The van der Waals surface area contributed by atoms with Gasteiger partial charge in [-0.25, -0.2) is 4.79 Å². The molecule has 0 radical (unpaired) electrons. The Kier molecular flexibility index (Phi) is 3.85. The number of nitrogens with zero attached hydrogens (tertiary/aromatic N) is 2. The molecule has 4 nitrogen and oxygen atoms in total. The SMILES string of the molecule is CCN1CCCCC1Cn1c(=O)[nH]c2cc(Cl)ccc21. The minimum absolute atomic E-state index is 0.0381. The van der Waals surface area contributed by atoms with E-state index in [0.717, 1.165) is 30.7 Å². The molecule has 20 heavy (non-hydrogen) atoms. The number of piperidine rings is 1. The van der Waals surface area contributed by atoms with Gasteiger partial charge in [0.15, 0.2) is 0 Å². The lowest BCUT2D eigenvalue weighted by Crippen LogP contribution is -2.43. The van der Waals surface area contributed by atoms with Crippen LogP contribution in [0.5, 0.6) is 0 Å². The van der Waals surface area contributed by atoms with Crippen LogP contribution in [0.2, 0.25) is 5.02 Å². The third-order valence-electron chi connectivity index (χ3n) is 4.28. The molecule has 1 atom stereocenters. The van der Waals surface area contributed by atoms with Crippen molar-refractivity contribution in [2.75, 3.05) is 13.1 Å². The van der Waals surface area contributed by atoms with Gasteiger partial charge in [-0.15, -0.1) is 0 Å². The van der Waals surface area contributed by atoms with E-state index in [1.807, 2.05) is 22.8 Å². The minimum Gasteiger partial charge on any atom is -0.305 e. The van der Waals surface area contributed by atoms with E-state index in [9.17, 15) is 4.79 Å². The van der Waals surface area contributed by atoms with Crippen molar-refractivity contribution < 1.29 is 0 Å². The molecule has 1 aromatic carbocycles. The van der Waals surface area contributed by atoms with Crippen LogP contribution in [-0.2, 0) is 6.54 Å². The summed E-state index contributed by atoms with van der Waals surface area (Å²) in [6.45, 7) is 5.14. The van der Waals surface area contributed by atoms with Crippen LogP contribution in [0.3, 0.4) is 0 Å². The first-order chi connectivity index (χ1) is 9.69. The van der Waals surface area contributed by atoms with E-state index in [0.29, 0.717) is 11.1 Å². The van der Waals surface area contributed by atoms with Crippen molar-refractivity contribution in [2.24, 2.45) is 0 Å². The van der Waals surface area contributed by atoms with Crippen LogP contribution < -0.4 is 5.69 Å². The Morgan fingerprint density at radius 2 is 2.25 bits per heavy atom. The minimum atomic E-state index is -0.0381. The number of hydrogen-bond donors (Lipinski definition) is 1. The number of aromatic nitrogens is 2. The molecule has 0 saturated carbocycles. The average Bonchev–Trinajstić information content (AvgIpc) is 2.75. The lowest BCUT2D eigenvalue weighted by Gasteiger charge is -2.34. The standard InChI is InChI=1S/C15H20ClN3O/c1-2-18-8-4-3-5-12(18)10-19-14-7-6-11(16)9-13(14)17-15(19)20/h6-7,9,12H,2-5,8,10H2,1H3,(H,17,20). The van der Waals surface area contributed by atoms with Gasteiger partial charge in [-0.1, -0.05) is 24.9 Å². The molecule has 2 heterocycles. The number of likely N-dealkylation sites (N-methyl/N-ethyl adjacent to an activating group) is 1. The average molecular weight is 294 g/mol. The summed E-state index contributed by atoms with van der Waals surface area (Å²) in [6, 6.07) is 6.04. The number of benzene rings is 1. The Morgan fingerprint density at radius 1 is 1.40 bits per heavy atom. The number of aromatic amines is 1.